The van der Waals surface area contributed by atoms with Crippen LogP contribution in [0.5, 0.6) is 0 Å². The number of aromatic nitrogens is 2. The minimum atomic E-state index is 0.344. The summed E-state index contributed by atoms with van der Waals surface area (Å²) in [7, 11) is 1.72. The van der Waals surface area contributed by atoms with Crippen molar-refractivity contribution in [2.75, 3.05) is 19.0 Å². The molecule has 0 bridgehead atoms. The fourth-order valence-electron chi connectivity index (χ4n) is 1.84. The van der Waals surface area contributed by atoms with Gasteiger partial charge in [-0.3, -0.25) is 0 Å². The smallest absolute Gasteiger partial charge is 0.247 e. The van der Waals surface area contributed by atoms with Crippen LogP contribution in [0.2, 0.25) is 0 Å². The first-order chi connectivity index (χ1) is 9.20. The molecule has 0 saturated heterocycles. The van der Waals surface area contributed by atoms with Gasteiger partial charge in [-0.2, -0.15) is 0 Å². The van der Waals surface area contributed by atoms with Crippen LogP contribution in [0.4, 0.5) is 5.69 Å². The SMILES string of the molecule is COCCC(C)Nc1cc(-c2nnco2)ccc1C. The van der Waals surface area contributed by atoms with Crippen LogP contribution in [-0.2, 0) is 4.74 Å². The predicted octanol–water partition coefficient (Wildman–Crippen LogP) is 2.88. The molecule has 2 rings (SSSR count). The van der Waals surface area contributed by atoms with Gasteiger partial charge in [0, 0.05) is 31.0 Å². The maximum Gasteiger partial charge on any atom is 0.247 e. The van der Waals surface area contributed by atoms with Crippen LogP contribution < -0.4 is 5.32 Å². The molecule has 5 heteroatoms. The molecule has 0 spiro atoms. The van der Waals surface area contributed by atoms with Crippen molar-refractivity contribution in [3.05, 3.63) is 30.2 Å². The van der Waals surface area contributed by atoms with Gasteiger partial charge in [0.2, 0.25) is 12.3 Å². The summed E-state index contributed by atoms with van der Waals surface area (Å²) >= 11 is 0. The molecule has 1 heterocycles. The van der Waals surface area contributed by atoms with Crippen molar-refractivity contribution in [3.63, 3.8) is 0 Å². The van der Waals surface area contributed by atoms with Crippen LogP contribution in [-0.4, -0.2) is 30.0 Å². The Balaban J connectivity index is 2.13. The summed E-state index contributed by atoms with van der Waals surface area (Å²) in [6.07, 6.45) is 2.30. The predicted molar refractivity (Wildman–Crippen MR) is 74.0 cm³/mol. The Morgan fingerprint density at radius 2 is 2.26 bits per heavy atom. The molecular weight excluding hydrogens is 242 g/mol. The quantitative estimate of drug-likeness (QED) is 0.866. The molecular formula is C14H19N3O2. The van der Waals surface area contributed by atoms with E-state index in [0.717, 1.165) is 24.3 Å². The first-order valence-corrected chi connectivity index (χ1v) is 6.33. The highest BCUT2D eigenvalue weighted by molar-refractivity contribution is 5.64. The van der Waals surface area contributed by atoms with Crippen LogP contribution in [0, 0.1) is 6.92 Å². The Bertz CT molecular complexity index is 511. The van der Waals surface area contributed by atoms with Crippen molar-refractivity contribution in [1.82, 2.24) is 10.2 Å². The fraction of sp³-hybridized carbons (Fsp3) is 0.429. The molecule has 0 fully saturated rings. The van der Waals surface area contributed by atoms with Crippen LogP contribution >= 0.6 is 0 Å². The molecule has 1 aromatic heterocycles. The molecule has 0 aliphatic heterocycles. The molecule has 2 aromatic rings. The molecule has 5 nitrogen and oxygen atoms in total. The van der Waals surface area contributed by atoms with Crippen molar-refractivity contribution in [2.24, 2.45) is 0 Å². The van der Waals surface area contributed by atoms with E-state index < -0.39 is 0 Å². The molecule has 0 saturated carbocycles. The van der Waals surface area contributed by atoms with E-state index >= 15 is 0 Å². The summed E-state index contributed by atoms with van der Waals surface area (Å²) in [5.41, 5.74) is 3.19. The number of hydrogen-bond acceptors (Lipinski definition) is 5. The topological polar surface area (TPSA) is 60.2 Å². The van der Waals surface area contributed by atoms with Gasteiger partial charge in [-0.15, -0.1) is 10.2 Å². The Labute approximate surface area is 113 Å². The highest BCUT2D eigenvalue weighted by atomic mass is 16.5. The maximum absolute atomic E-state index is 5.21. The summed E-state index contributed by atoms with van der Waals surface area (Å²) in [4.78, 5) is 0. The second-order valence-electron chi connectivity index (χ2n) is 4.60. The third-order valence-electron chi connectivity index (χ3n) is 3.00. The minimum Gasteiger partial charge on any atom is -0.423 e. The summed E-state index contributed by atoms with van der Waals surface area (Å²) in [6, 6.07) is 6.40. The maximum atomic E-state index is 5.21. The Kier molecular flexibility index (Phi) is 4.52. The van der Waals surface area contributed by atoms with Crippen LogP contribution in [0.15, 0.2) is 29.0 Å². The number of anilines is 1. The summed E-state index contributed by atoms with van der Waals surface area (Å²) in [6.45, 7) is 4.96. The number of ether oxygens (including phenoxy) is 1. The Hall–Kier alpha value is -1.88. The van der Waals surface area contributed by atoms with Gasteiger partial charge >= 0.3 is 0 Å². The van der Waals surface area contributed by atoms with E-state index in [9.17, 15) is 0 Å². The lowest BCUT2D eigenvalue weighted by molar-refractivity contribution is 0.191. The van der Waals surface area contributed by atoms with Gasteiger partial charge in [0.1, 0.15) is 0 Å². The van der Waals surface area contributed by atoms with Gasteiger partial charge in [-0.05, 0) is 38.0 Å². The highest BCUT2D eigenvalue weighted by Gasteiger charge is 2.08. The lowest BCUT2D eigenvalue weighted by Gasteiger charge is -2.17. The second-order valence-corrected chi connectivity index (χ2v) is 4.60. The van der Waals surface area contributed by atoms with Crippen LogP contribution in [0.3, 0.4) is 0 Å². The summed E-state index contributed by atoms with van der Waals surface area (Å²) < 4.78 is 10.3. The average Bonchev–Trinajstić information content (AvgIpc) is 2.93. The van der Waals surface area contributed by atoms with E-state index in [1.54, 1.807) is 7.11 Å². The molecule has 1 atom stereocenters. The van der Waals surface area contributed by atoms with Crippen molar-refractivity contribution in [3.8, 4) is 11.5 Å². The minimum absolute atomic E-state index is 0.344. The average molecular weight is 261 g/mol. The fourth-order valence-corrected chi connectivity index (χ4v) is 1.84. The molecule has 19 heavy (non-hydrogen) atoms. The molecule has 1 unspecified atom stereocenters. The largest absolute Gasteiger partial charge is 0.423 e. The number of nitrogens with one attached hydrogen (secondary N) is 1. The molecule has 0 aliphatic carbocycles. The monoisotopic (exact) mass is 261 g/mol. The Morgan fingerprint density at radius 1 is 1.42 bits per heavy atom. The zero-order chi connectivity index (χ0) is 13.7. The third kappa shape index (κ3) is 3.54. The van der Waals surface area contributed by atoms with E-state index in [4.69, 9.17) is 9.15 Å². The number of rotatable bonds is 6. The zero-order valence-electron chi connectivity index (χ0n) is 11.5. The van der Waals surface area contributed by atoms with Gasteiger partial charge in [0.15, 0.2) is 0 Å². The highest BCUT2D eigenvalue weighted by Crippen LogP contribution is 2.24. The van der Waals surface area contributed by atoms with Crippen molar-refractivity contribution in [2.45, 2.75) is 26.3 Å². The van der Waals surface area contributed by atoms with Gasteiger partial charge in [0.25, 0.3) is 0 Å². The van der Waals surface area contributed by atoms with Crippen molar-refractivity contribution < 1.29 is 9.15 Å². The van der Waals surface area contributed by atoms with Gasteiger partial charge in [-0.25, -0.2) is 0 Å². The van der Waals surface area contributed by atoms with Gasteiger partial charge in [0.05, 0.1) is 0 Å². The summed E-state index contributed by atoms with van der Waals surface area (Å²) in [5.74, 6) is 0.535. The molecule has 1 aromatic carbocycles. The normalized spacial score (nSPS) is 12.4. The van der Waals surface area contributed by atoms with E-state index in [-0.39, 0.29) is 0 Å². The number of hydrogen-bond donors (Lipinski definition) is 1. The van der Waals surface area contributed by atoms with Gasteiger partial charge < -0.3 is 14.5 Å². The molecule has 0 radical (unpaired) electrons. The number of methoxy groups -OCH3 is 1. The molecule has 1 N–H and O–H groups in total. The molecule has 0 amide bonds. The lowest BCUT2D eigenvalue weighted by Crippen LogP contribution is -2.17. The van der Waals surface area contributed by atoms with E-state index in [2.05, 4.69) is 29.4 Å². The Morgan fingerprint density at radius 3 is 2.95 bits per heavy atom. The first kappa shape index (κ1) is 13.5. The molecule has 0 aliphatic rings. The summed E-state index contributed by atoms with van der Waals surface area (Å²) in [5, 5.41) is 11.1. The number of nitrogens with zero attached hydrogens (tertiary/aromatic N) is 2. The lowest BCUT2D eigenvalue weighted by atomic mass is 10.1. The van der Waals surface area contributed by atoms with Gasteiger partial charge in [-0.1, -0.05) is 6.07 Å². The van der Waals surface area contributed by atoms with Crippen molar-refractivity contribution >= 4 is 5.69 Å². The number of aryl methyl sites for hydroxylation is 1. The molecule has 102 valence electrons. The van der Waals surface area contributed by atoms with Crippen molar-refractivity contribution in [1.29, 1.82) is 0 Å². The number of benzene rings is 1. The van der Waals surface area contributed by atoms with Crippen LogP contribution in [0.1, 0.15) is 18.9 Å². The van der Waals surface area contributed by atoms with Crippen LogP contribution in [0.25, 0.3) is 11.5 Å². The van der Waals surface area contributed by atoms with E-state index in [1.165, 1.54) is 12.0 Å². The van der Waals surface area contributed by atoms with E-state index in [0.29, 0.717) is 11.9 Å². The zero-order valence-corrected chi connectivity index (χ0v) is 11.5. The third-order valence-corrected chi connectivity index (χ3v) is 3.00. The standard InChI is InChI=1S/C14H19N3O2/c1-10-4-5-12(14-17-15-9-19-14)8-13(10)16-11(2)6-7-18-3/h4-5,8-9,11,16H,6-7H2,1-3H3. The first-order valence-electron chi connectivity index (χ1n) is 6.33. The second kappa shape index (κ2) is 6.33. The van der Waals surface area contributed by atoms with E-state index in [1.807, 2.05) is 18.2 Å².